The Balaban J connectivity index is 2.96. The summed E-state index contributed by atoms with van der Waals surface area (Å²) in [5.74, 6) is -0.0741. The lowest BCUT2D eigenvalue weighted by Gasteiger charge is -2.28. The van der Waals surface area contributed by atoms with Crippen molar-refractivity contribution in [3.63, 3.8) is 0 Å². The van der Waals surface area contributed by atoms with Crippen molar-refractivity contribution in [1.29, 1.82) is 0 Å². The van der Waals surface area contributed by atoms with E-state index in [9.17, 15) is 4.79 Å². The first-order valence-corrected chi connectivity index (χ1v) is 7.12. The van der Waals surface area contributed by atoms with Crippen LogP contribution in [-0.4, -0.2) is 12.5 Å². The van der Waals surface area contributed by atoms with E-state index in [4.69, 9.17) is 17.3 Å². The summed E-state index contributed by atoms with van der Waals surface area (Å²) in [5, 5.41) is 3.38. The number of halogens is 2. The number of benzene rings is 1. The number of carbonyl (C=O) groups is 1. The number of hydrogen-bond acceptors (Lipinski definition) is 2. The molecule has 0 radical (unpaired) electrons. The Kier molecular flexibility index (Phi) is 5.63. The van der Waals surface area contributed by atoms with E-state index in [2.05, 4.69) is 21.2 Å². The molecule has 0 heterocycles. The van der Waals surface area contributed by atoms with Gasteiger partial charge in [-0.05, 0) is 31.0 Å². The fraction of sp³-hybridized carbons (Fsp3) is 0.462. The average molecular weight is 334 g/mol. The van der Waals surface area contributed by atoms with Crippen molar-refractivity contribution < 1.29 is 4.79 Å². The summed E-state index contributed by atoms with van der Waals surface area (Å²) in [5.41, 5.74) is 5.83. The molecule has 1 aromatic carbocycles. The monoisotopic (exact) mass is 332 g/mol. The van der Waals surface area contributed by atoms with Crippen LogP contribution in [0, 0.1) is 5.41 Å². The number of rotatable bonds is 5. The summed E-state index contributed by atoms with van der Waals surface area (Å²) in [4.78, 5) is 12.3. The molecule has 0 atom stereocenters. The first kappa shape index (κ1) is 15.5. The third kappa shape index (κ3) is 3.25. The van der Waals surface area contributed by atoms with E-state index in [1.807, 2.05) is 19.9 Å². The molecule has 0 fully saturated rings. The molecule has 3 N–H and O–H groups in total. The summed E-state index contributed by atoms with van der Waals surface area (Å²) in [6.07, 6.45) is 1.41. The van der Waals surface area contributed by atoms with Crippen LogP contribution in [0.1, 0.15) is 26.7 Å². The van der Waals surface area contributed by atoms with E-state index < -0.39 is 5.41 Å². The standard InChI is InChI=1S/C13H18BrClN2O/c1-3-13(4-2,8-16)12(18)17-11-7-9(14)5-6-10(11)15/h5-7H,3-4,8,16H2,1-2H3,(H,17,18). The molecule has 0 aliphatic rings. The van der Waals surface area contributed by atoms with Gasteiger partial charge in [0.2, 0.25) is 5.91 Å². The number of amides is 1. The Morgan fingerprint density at radius 1 is 1.44 bits per heavy atom. The first-order valence-electron chi connectivity index (χ1n) is 5.95. The number of anilines is 1. The molecule has 0 spiro atoms. The van der Waals surface area contributed by atoms with E-state index in [0.717, 1.165) is 4.47 Å². The zero-order valence-corrected chi connectivity index (χ0v) is 12.9. The lowest BCUT2D eigenvalue weighted by molar-refractivity contribution is -0.125. The number of nitrogens with two attached hydrogens (primary N) is 1. The third-order valence-corrected chi connectivity index (χ3v) is 4.23. The van der Waals surface area contributed by atoms with Gasteiger partial charge in [0.25, 0.3) is 0 Å². The van der Waals surface area contributed by atoms with Crippen LogP contribution < -0.4 is 11.1 Å². The lowest BCUT2D eigenvalue weighted by atomic mass is 9.81. The molecule has 0 aromatic heterocycles. The van der Waals surface area contributed by atoms with Crippen LogP contribution in [0.3, 0.4) is 0 Å². The van der Waals surface area contributed by atoms with Crippen LogP contribution in [-0.2, 0) is 4.79 Å². The molecule has 5 heteroatoms. The SMILES string of the molecule is CCC(CC)(CN)C(=O)Nc1cc(Br)ccc1Cl. The summed E-state index contributed by atoms with van der Waals surface area (Å²) in [6.45, 7) is 4.27. The Labute approximate surface area is 121 Å². The fourth-order valence-corrected chi connectivity index (χ4v) is 2.33. The van der Waals surface area contributed by atoms with E-state index in [1.165, 1.54) is 0 Å². The molecule has 0 saturated carbocycles. The predicted octanol–water partition coefficient (Wildman–Crippen LogP) is 3.81. The van der Waals surface area contributed by atoms with Crippen LogP contribution in [0.2, 0.25) is 5.02 Å². The third-order valence-electron chi connectivity index (χ3n) is 3.40. The van der Waals surface area contributed by atoms with Crippen molar-refractivity contribution in [2.24, 2.45) is 11.1 Å². The van der Waals surface area contributed by atoms with Crippen LogP contribution in [0.5, 0.6) is 0 Å². The van der Waals surface area contributed by atoms with Gasteiger partial charge in [-0.3, -0.25) is 4.79 Å². The van der Waals surface area contributed by atoms with E-state index >= 15 is 0 Å². The maximum Gasteiger partial charge on any atom is 0.231 e. The summed E-state index contributed by atoms with van der Waals surface area (Å²) in [6, 6.07) is 5.35. The van der Waals surface area contributed by atoms with Gasteiger partial charge in [0.1, 0.15) is 0 Å². The normalized spacial score (nSPS) is 11.4. The molecule has 1 amide bonds. The number of carbonyl (C=O) groups excluding carboxylic acids is 1. The molecule has 0 aliphatic carbocycles. The fourth-order valence-electron chi connectivity index (χ4n) is 1.80. The van der Waals surface area contributed by atoms with Crippen molar-refractivity contribution in [3.05, 3.63) is 27.7 Å². The highest BCUT2D eigenvalue weighted by molar-refractivity contribution is 9.10. The predicted molar refractivity (Wildman–Crippen MR) is 79.9 cm³/mol. The minimum absolute atomic E-state index is 0.0741. The van der Waals surface area contributed by atoms with Crippen molar-refractivity contribution >= 4 is 39.1 Å². The molecule has 18 heavy (non-hydrogen) atoms. The highest BCUT2D eigenvalue weighted by atomic mass is 79.9. The van der Waals surface area contributed by atoms with E-state index in [0.29, 0.717) is 30.1 Å². The molecule has 0 saturated heterocycles. The Bertz CT molecular complexity index is 425. The molecule has 3 nitrogen and oxygen atoms in total. The molecule has 0 unspecified atom stereocenters. The Morgan fingerprint density at radius 3 is 2.56 bits per heavy atom. The molecule has 0 bridgehead atoms. The van der Waals surface area contributed by atoms with Crippen molar-refractivity contribution in [2.75, 3.05) is 11.9 Å². The van der Waals surface area contributed by atoms with Gasteiger partial charge in [-0.15, -0.1) is 0 Å². The Morgan fingerprint density at radius 2 is 2.06 bits per heavy atom. The van der Waals surface area contributed by atoms with Crippen LogP contribution in [0.4, 0.5) is 5.69 Å². The van der Waals surface area contributed by atoms with Crippen molar-refractivity contribution in [1.82, 2.24) is 0 Å². The van der Waals surface area contributed by atoms with Gasteiger partial charge in [-0.25, -0.2) is 0 Å². The summed E-state index contributed by atoms with van der Waals surface area (Å²) in [7, 11) is 0. The van der Waals surface area contributed by atoms with Gasteiger partial charge in [0.15, 0.2) is 0 Å². The lowest BCUT2D eigenvalue weighted by Crippen LogP contribution is -2.41. The van der Waals surface area contributed by atoms with Crippen molar-refractivity contribution in [3.8, 4) is 0 Å². The quantitative estimate of drug-likeness (QED) is 0.861. The average Bonchev–Trinajstić information content (AvgIpc) is 2.37. The summed E-state index contributed by atoms with van der Waals surface area (Å²) >= 11 is 9.41. The van der Waals surface area contributed by atoms with Gasteiger partial charge in [-0.1, -0.05) is 41.4 Å². The molecule has 1 rings (SSSR count). The largest absolute Gasteiger partial charge is 0.329 e. The van der Waals surface area contributed by atoms with E-state index in [-0.39, 0.29) is 5.91 Å². The maximum absolute atomic E-state index is 12.3. The molecule has 100 valence electrons. The van der Waals surface area contributed by atoms with Gasteiger partial charge < -0.3 is 11.1 Å². The second kappa shape index (κ2) is 6.55. The number of hydrogen-bond donors (Lipinski definition) is 2. The topological polar surface area (TPSA) is 55.1 Å². The van der Waals surface area contributed by atoms with Gasteiger partial charge in [-0.2, -0.15) is 0 Å². The summed E-state index contributed by atoms with van der Waals surface area (Å²) < 4.78 is 0.869. The second-order valence-corrected chi connectivity index (χ2v) is 5.59. The van der Waals surface area contributed by atoms with Crippen LogP contribution >= 0.6 is 27.5 Å². The zero-order valence-electron chi connectivity index (χ0n) is 10.6. The smallest absolute Gasteiger partial charge is 0.231 e. The maximum atomic E-state index is 12.3. The van der Waals surface area contributed by atoms with Gasteiger partial charge >= 0.3 is 0 Å². The Hall–Kier alpha value is -0.580. The molecule has 0 aliphatic heterocycles. The number of nitrogens with one attached hydrogen (secondary N) is 1. The highest BCUT2D eigenvalue weighted by Crippen LogP contribution is 2.30. The molecular weight excluding hydrogens is 316 g/mol. The molecular formula is C13H18BrClN2O. The minimum atomic E-state index is -0.522. The van der Waals surface area contributed by atoms with Crippen LogP contribution in [0.25, 0.3) is 0 Å². The molecule has 1 aromatic rings. The van der Waals surface area contributed by atoms with Gasteiger partial charge in [0, 0.05) is 11.0 Å². The first-order chi connectivity index (χ1) is 8.49. The zero-order chi connectivity index (χ0) is 13.8. The van der Waals surface area contributed by atoms with Crippen molar-refractivity contribution in [2.45, 2.75) is 26.7 Å². The van der Waals surface area contributed by atoms with Gasteiger partial charge in [0.05, 0.1) is 16.1 Å². The van der Waals surface area contributed by atoms with Crippen LogP contribution in [0.15, 0.2) is 22.7 Å². The van der Waals surface area contributed by atoms with E-state index in [1.54, 1.807) is 12.1 Å². The minimum Gasteiger partial charge on any atom is -0.329 e. The second-order valence-electron chi connectivity index (χ2n) is 4.27. The highest BCUT2D eigenvalue weighted by Gasteiger charge is 2.33.